The summed E-state index contributed by atoms with van der Waals surface area (Å²) in [5.74, 6) is 0. The number of hydrogen-bond donors (Lipinski definition) is 0. The standard InChI is InChI=1S/C19H22/c1-19(2,3)18-14-12-17(13-15-18)11-7-10-16-8-5-4-6-9-16/h4-9,11-15H,10H2,1-3H3/b11-7+. The Labute approximate surface area is 116 Å². The average molecular weight is 250 g/mol. The van der Waals surface area contributed by atoms with Gasteiger partial charge < -0.3 is 0 Å². The van der Waals surface area contributed by atoms with E-state index in [-0.39, 0.29) is 5.41 Å². The largest absolute Gasteiger partial charge is 0.0795 e. The number of allylic oxidation sites excluding steroid dienone is 1. The van der Waals surface area contributed by atoms with Gasteiger partial charge in [-0.1, -0.05) is 87.5 Å². The van der Waals surface area contributed by atoms with Gasteiger partial charge in [-0.2, -0.15) is 0 Å². The van der Waals surface area contributed by atoms with Gasteiger partial charge in [0.25, 0.3) is 0 Å². The Bertz CT molecular complexity index is 525. The van der Waals surface area contributed by atoms with Crippen LogP contribution in [0.15, 0.2) is 60.7 Å². The van der Waals surface area contributed by atoms with Crippen molar-refractivity contribution in [3.63, 3.8) is 0 Å². The summed E-state index contributed by atoms with van der Waals surface area (Å²) in [7, 11) is 0. The maximum Gasteiger partial charge on any atom is -0.00941 e. The fraction of sp³-hybridized carbons (Fsp3) is 0.263. The minimum atomic E-state index is 0.228. The summed E-state index contributed by atoms with van der Waals surface area (Å²) in [6.45, 7) is 6.73. The van der Waals surface area contributed by atoms with E-state index in [1.54, 1.807) is 0 Å². The SMILES string of the molecule is CC(C)(C)c1ccc(/C=C/Cc2ccccc2)cc1. The zero-order valence-corrected chi connectivity index (χ0v) is 12.1. The highest BCUT2D eigenvalue weighted by atomic mass is 14.2. The molecule has 2 aromatic carbocycles. The lowest BCUT2D eigenvalue weighted by Crippen LogP contribution is -2.10. The van der Waals surface area contributed by atoms with Crippen molar-refractivity contribution < 1.29 is 0 Å². The molecule has 0 aliphatic rings. The van der Waals surface area contributed by atoms with Crippen LogP contribution in [0.2, 0.25) is 0 Å². The maximum atomic E-state index is 2.24. The van der Waals surface area contributed by atoms with E-state index in [9.17, 15) is 0 Å². The van der Waals surface area contributed by atoms with Crippen LogP contribution in [-0.4, -0.2) is 0 Å². The van der Waals surface area contributed by atoms with E-state index in [1.807, 2.05) is 0 Å². The topological polar surface area (TPSA) is 0 Å². The van der Waals surface area contributed by atoms with Gasteiger partial charge in [0.1, 0.15) is 0 Å². The average Bonchev–Trinajstić information content (AvgIpc) is 2.39. The van der Waals surface area contributed by atoms with Gasteiger partial charge in [-0.3, -0.25) is 0 Å². The molecule has 0 saturated heterocycles. The third-order valence-corrected chi connectivity index (χ3v) is 3.28. The van der Waals surface area contributed by atoms with E-state index in [4.69, 9.17) is 0 Å². The lowest BCUT2D eigenvalue weighted by Gasteiger charge is -2.18. The Balaban J connectivity index is 2.00. The number of rotatable bonds is 3. The van der Waals surface area contributed by atoms with Gasteiger partial charge in [0.15, 0.2) is 0 Å². The highest BCUT2D eigenvalue weighted by molar-refractivity contribution is 5.50. The molecule has 0 saturated carbocycles. The first-order chi connectivity index (χ1) is 9.05. The smallest absolute Gasteiger partial charge is 0.00941 e. The number of hydrogen-bond acceptors (Lipinski definition) is 0. The van der Waals surface area contributed by atoms with Gasteiger partial charge in [-0.05, 0) is 28.5 Å². The summed E-state index contributed by atoms with van der Waals surface area (Å²) in [5, 5.41) is 0. The monoisotopic (exact) mass is 250 g/mol. The predicted molar refractivity (Wildman–Crippen MR) is 84.3 cm³/mol. The second-order valence-corrected chi connectivity index (χ2v) is 5.96. The molecule has 0 amide bonds. The molecule has 19 heavy (non-hydrogen) atoms. The first kappa shape index (κ1) is 13.6. The summed E-state index contributed by atoms with van der Waals surface area (Å²) >= 11 is 0. The molecule has 98 valence electrons. The predicted octanol–water partition coefficient (Wildman–Crippen LogP) is 5.24. The Morgan fingerprint density at radius 3 is 2.05 bits per heavy atom. The Morgan fingerprint density at radius 1 is 0.842 bits per heavy atom. The molecule has 0 aliphatic heterocycles. The van der Waals surface area contributed by atoms with Gasteiger partial charge >= 0.3 is 0 Å². The zero-order valence-electron chi connectivity index (χ0n) is 12.1. The van der Waals surface area contributed by atoms with Gasteiger partial charge in [0.2, 0.25) is 0 Å². The van der Waals surface area contributed by atoms with Crippen molar-refractivity contribution in [1.29, 1.82) is 0 Å². The second kappa shape index (κ2) is 5.88. The molecule has 0 aliphatic carbocycles. The first-order valence-corrected chi connectivity index (χ1v) is 6.87. The van der Waals surface area contributed by atoms with E-state index in [1.165, 1.54) is 16.7 Å². The highest BCUT2D eigenvalue weighted by Gasteiger charge is 2.12. The van der Waals surface area contributed by atoms with Crippen molar-refractivity contribution in [3.8, 4) is 0 Å². The molecule has 0 unspecified atom stereocenters. The van der Waals surface area contributed by atoms with Gasteiger partial charge in [-0.25, -0.2) is 0 Å². The van der Waals surface area contributed by atoms with Gasteiger partial charge in [0.05, 0.1) is 0 Å². The summed E-state index contributed by atoms with van der Waals surface area (Å²) < 4.78 is 0. The molecule has 0 aromatic heterocycles. The van der Waals surface area contributed by atoms with Crippen molar-refractivity contribution in [2.75, 3.05) is 0 Å². The fourth-order valence-electron chi connectivity index (χ4n) is 2.04. The third kappa shape index (κ3) is 4.10. The fourth-order valence-corrected chi connectivity index (χ4v) is 2.04. The van der Waals surface area contributed by atoms with Crippen molar-refractivity contribution in [2.24, 2.45) is 0 Å². The minimum absolute atomic E-state index is 0.228. The molecule has 0 radical (unpaired) electrons. The van der Waals surface area contributed by atoms with Gasteiger partial charge in [-0.15, -0.1) is 0 Å². The Hall–Kier alpha value is -1.82. The van der Waals surface area contributed by atoms with Crippen LogP contribution in [-0.2, 0) is 11.8 Å². The summed E-state index contributed by atoms with van der Waals surface area (Å²) in [4.78, 5) is 0. The summed E-state index contributed by atoms with van der Waals surface area (Å²) in [6, 6.07) is 19.4. The van der Waals surface area contributed by atoms with E-state index in [0.29, 0.717) is 0 Å². The first-order valence-electron chi connectivity index (χ1n) is 6.87. The van der Waals surface area contributed by atoms with Crippen LogP contribution in [0.1, 0.15) is 37.5 Å². The van der Waals surface area contributed by atoms with E-state index in [0.717, 1.165) is 6.42 Å². The second-order valence-electron chi connectivity index (χ2n) is 5.96. The molecule has 0 heterocycles. The molecule has 2 aromatic rings. The summed E-state index contributed by atoms with van der Waals surface area (Å²) in [5.41, 5.74) is 4.23. The van der Waals surface area contributed by atoms with Crippen molar-refractivity contribution in [1.82, 2.24) is 0 Å². The van der Waals surface area contributed by atoms with Crippen molar-refractivity contribution >= 4 is 6.08 Å². The lowest BCUT2D eigenvalue weighted by atomic mass is 9.87. The Kier molecular flexibility index (Phi) is 4.21. The zero-order chi connectivity index (χ0) is 13.7. The molecule has 0 atom stereocenters. The van der Waals surface area contributed by atoms with Crippen LogP contribution in [0, 0.1) is 0 Å². The minimum Gasteiger partial charge on any atom is -0.0795 e. The molecular formula is C19H22. The van der Waals surface area contributed by atoms with E-state index < -0.39 is 0 Å². The van der Waals surface area contributed by atoms with Crippen LogP contribution < -0.4 is 0 Å². The molecule has 0 nitrogen and oxygen atoms in total. The third-order valence-electron chi connectivity index (χ3n) is 3.28. The van der Waals surface area contributed by atoms with E-state index >= 15 is 0 Å². The highest BCUT2D eigenvalue weighted by Crippen LogP contribution is 2.22. The summed E-state index contributed by atoms with van der Waals surface area (Å²) in [6.07, 6.45) is 5.41. The quantitative estimate of drug-likeness (QED) is 0.698. The molecule has 0 N–H and O–H groups in total. The normalized spacial score (nSPS) is 11.9. The van der Waals surface area contributed by atoms with Crippen LogP contribution in [0.5, 0.6) is 0 Å². The molecule has 2 rings (SSSR count). The van der Waals surface area contributed by atoms with Crippen molar-refractivity contribution in [3.05, 3.63) is 77.4 Å². The number of benzene rings is 2. The molecular weight excluding hydrogens is 228 g/mol. The van der Waals surface area contributed by atoms with Crippen LogP contribution >= 0.6 is 0 Å². The van der Waals surface area contributed by atoms with Crippen LogP contribution in [0.25, 0.3) is 6.08 Å². The molecule has 0 spiro atoms. The van der Waals surface area contributed by atoms with E-state index in [2.05, 4.69) is 87.5 Å². The Morgan fingerprint density at radius 2 is 1.47 bits per heavy atom. The van der Waals surface area contributed by atoms with Gasteiger partial charge in [0, 0.05) is 0 Å². The lowest BCUT2D eigenvalue weighted by molar-refractivity contribution is 0.590. The molecule has 0 heteroatoms. The molecule has 0 bridgehead atoms. The van der Waals surface area contributed by atoms with Crippen LogP contribution in [0.3, 0.4) is 0 Å². The molecule has 0 fully saturated rings. The van der Waals surface area contributed by atoms with Crippen molar-refractivity contribution in [2.45, 2.75) is 32.6 Å². The maximum absolute atomic E-state index is 2.24. The van der Waals surface area contributed by atoms with Crippen LogP contribution in [0.4, 0.5) is 0 Å².